The molecule has 2 N–H and O–H groups in total. The first-order valence-electron chi connectivity index (χ1n) is 6.61. The van der Waals surface area contributed by atoms with E-state index < -0.39 is 28.6 Å². The second kappa shape index (κ2) is 6.32. The fourth-order valence-corrected chi connectivity index (χ4v) is 3.92. The lowest BCUT2D eigenvalue weighted by Crippen LogP contribution is -2.45. The van der Waals surface area contributed by atoms with E-state index in [1.54, 1.807) is 0 Å². The Hall–Kier alpha value is -1.17. The standard InChI is InChI=1S/C13H19NO4S/c15-12(14-9-5-7-19(18)8-6-9)10-3-1-2-4-11(10)13(16)17/h1-2,9-11H,3-8H2,(H,14,15)(H,16,17). The number of hydrogen-bond donors (Lipinski definition) is 2. The van der Waals surface area contributed by atoms with E-state index in [9.17, 15) is 13.8 Å². The second-order valence-electron chi connectivity index (χ2n) is 5.12. The van der Waals surface area contributed by atoms with Crippen molar-refractivity contribution in [1.82, 2.24) is 5.32 Å². The van der Waals surface area contributed by atoms with E-state index in [1.807, 2.05) is 12.2 Å². The van der Waals surface area contributed by atoms with E-state index in [0.29, 0.717) is 24.3 Å². The zero-order valence-corrected chi connectivity index (χ0v) is 11.5. The van der Waals surface area contributed by atoms with Gasteiger partial charge in [-0.1, -0.05) is 12.2 Å². The summed E-state index contributed by atoms with van der Waals surface area (Å²) in [4.78, 5) is 23.3. The lowest BCUT2D eigenvalue weighted by Gasteiger charge is -2.28. The minimum absolute atomic E-state index is 0.0468. The van der Waals surface area contributed by atoms with Crippen LogP contribution >= 0.6 is 0 Å². The van der Waals surface area contributed by atoms with Crippen molar-refractivity contribution in [2.24, 2.45) is 11.8 Å². The van der Waals surface area contributed by atoms with Gasteiger partial charge in [0, 0.05) is 28.3 Å². The fourth-order valence-electron chi connectivity index (χ4n) is 2.62. The van der Waals surface area contributed by atoms with Crippen LogP contribution in [0.25, 0.3) is 0 Å². The molecule has 1 saturated heterocycles. The van der Waals surface area contributed by atoms with Crippen molar-refractivity contribution in [3.8, 4) is 0 Å². The van der Waals surface area contributed by atoms with Crippen molar-refractivity contribution in [3.63, 3.8) is 0 Å². The van der Waals surface area contributed by atoms with E-state index in [0.717, 1.165) is 12.8 Å². The molecule has 0 spiro atoms. The molecule has 1 heterocycles. The van der Waals surface area contributed by atoms with Gasteiger partial charge in [0.15, 0.2) is 0 Å². The summed E-state index contributed by atoms with van der Waals surface area (Å²) in [6.45, 7) is 0. The summed E-state index contributed by atoms with van der Waals surface area (Å²) >= 11 is 0. The Morgan fingerprint density at radius 3 is 2.26 bits per heavy atom. The van der Waals surface area contributed by atoms with Crippen LogP contribution in [0.4, 0.5) is 0 Å². The second-order valence-corrected chi connectivity index (χ2v) is 6.82. The van der Waals surface area contributed by atoms with Gasteiger partial charge in [-0.15, -0.1) is 0 Å². The van der Waals surface area contributed by atoms with Gasteiger partial charge in [0.1, 0.15) is 0 Å². The number of carboxylic acids is 1. The third-order valence-corrected chi connectivity index (χ3v) is 5.20. The minimum Gasteiger partial charge on any atom is -0.481 e. The van der Waals surface area contributed by atoms with Crippen LogP contribution in [0.5, 0.6) is 0 Å². The SMILES string of the molecule is O=C(O)C1CC=CCC1C(=O)NC1CCS(=O)CC1. The smallest absolute Gasteiger partial charge is 0.307 e. The third kappa shape index (κ3) is 3.65. The van der Waals surface area contributed by atoms with E-state index in [2.05, 4.69) is 5.32 Å². The maximum absolute atomic E-state index is 12.2. The van der Waals surface area contributed by atoms with Crippen LogP contribution in [0.2, 0.25) is 0 Å². The number of rotatable bonds is 3. The Morgan fingerprint density at radius 1 is 1.11 bits per heavy atom. The zero-order valence-electron chi connectivity index (χ0n) is 10.7. The molecule has 1 fully saturated rings. The van der Waals surface area contributed by atoms with Gasteiger partial charge in [-0.05, 0) is 25.7 Å². The van der Waals surface area contributed by atoms with Crippen molar-refractivity contribution < 1.29 is 18.9 Å². The van der Waals surface area contributed by atoms with Crippen molar-refractivity contribution in [3.05, 3.63) is 12.2 Å². The quantitative estimate of drug-likeness (QED) is 0.747. The normalized spacial score (nSPS) is 34.7. The fraction of sp³-hybridized carbons (Fsp3) is 0.692. The number of carbonyl (C=O) groups excluding carboxylic acids is 1. The number of aliphatic carboxylic acids is 1. The molecule has 2 rings (SSSR count). The topological polar surface area (TPSA) is 83.5 Å². The van der Waals surface area contributed by atoms with Crippen molar-refractivity contribution in [1.29, 1.82) is 0 Å². The minimum atomic E-state index is -0.908. The largest absolute Gasteiger partial charge is 0.481 e. The summed E-state index contributed by atoms with van der Waals surface area (Å²) in [5, 5.41) is 12.1. The van der Waals surface area contributed by atoms with Crippen molar-refractivity contribution >= 4 is 22.7 Å². The molecular formula is C13H19NO4S. The van der Waals surface area contributed by atoms with Crippen LogP contribution in [0.1, 0.15) is 25.7 Å². The molecule has 2 unspecified atom stereocenters. The van der Waals surface area contributed by atoms with Gasteiger partial charge in [-0.25, -0.2) is 0 Å². The molecule has 1 amide bonds. The van der Waals surface area contributed by atoms with Gasteiger partial charge < -0.3 is 10.4 Å². The number of allylic oxidation sites excluding steroid dienone is 2. The highest BCUT2D eigenvalue weighted by molar-refractivity contribution is 7.85. The highest BCUT2D eigenvalue weighted by Crippen LogP contribution is 2.26. The van der Waals surface area contributed by atoms with Gasteiger partial charge in [-0.3, -0.25) is 13.8 Å². The Bertz CT molecular complexity index is 411. The summed E-state index contributed by atoms with van der Waals surface area (Å²) < 4.78 is 11.2. The van der Waals surface area contributed by atoms with Gasteiger partial charge in [0.25, 0.3) is 0 Å². The van der Waals surface area contributed by atoms with Crippen LogP contribution < -0.4 is 5.32 Å². The predicted molar refractivity (Wildman–Crippen MR) is 72.0 cm³/mol. The van der Waals surface area contributed by atoms with E-state index >= 15 is 0 Å². The highest BCUT2D eigenvalue weighted by Gasteiger charge is 2.35. The number of nitrogens with one attached hydrogen (secondary N) is 1. The average molecular weight is 285 g/mol. The third-order valence-electron chi connectivity index (χ3n) is 3.82. The lowest BCUT2D eigenvalue weighted by atomic mass is 9.82. The van der Waals surface area contributed by atoms with Crippen LogP contribution in [0.15, 0.2) is 12.2 Å². The van der Waals surface area contributed by atoms with Crippen LogP contribution in [-0.4, -0.2) is 38.7 Å². The molecule has 5 nitrogen and oxygen atoms in total. The summed E-state index contributed by atoms with van der Waals surface area (Å²) in [7, 11) is -0.751. The van der Waals surface area contributed by atoms with E-state index in [4.69, 9.17) is 5.11 Å². The van der Waals surface area contributed by atoms with Crippen LogP contribution in [0, 0.1) is 11.8 Å². The molecule has 0 bridgehead atoms. The lowest BCUT2D eigenvalue weighted by molar-refractivity contribution is -0.147. The summed E-state index contributed by atoms with van der Waals surface area (Å²) in [6, 6.07) is 0.0468. The summed E-state index contributed by atoms with van der Waals surface area (Å²) in [6.07, 6.45) is 6.05. The number of carbonyl (C=O) groups is 2. The maximum atomic E-state index is 12.2. The number of amides is 1. The molecular weight excluding hydrogens is 266 g/mol. The molecule has 19 heavy (non-hydrogen) atoms. The average Bonchev–Trinajstić information content (AvgIpc) is 2.41. The molecule has 0 aromatic carbocycles. The van der Waals surface area contributed by atoms with E-state index in [-0.39, 0.29) is 11.9 Å². The van der Waals surface area contributed by atoms with E-state index in [1.165, 1.54) is 0 Å². The Labute approximate surface area is 114 Å². The molecule has 6 heteroatoms. The number of carboxylic acid groups (broad SMARTS) is 1. The van der Waals surface area contributed by atoms with Crippen molar-refractivity contribution in [2.45, 2.75) is 31.7 Å². The summed E-state index contributed by atoms with van der Waals surface area (Å²) in [5.41, 5.74) is 0. The van der Waals surface area contributed by atoms with Crippen LogP contribution in [0.3, 0.4) is 0 Å². The zero-order chi connectivity index (χ0) is 13.8. The number of hydrogen-bond acceptors (Lipinski definition) is 3. The first-order valence-corrected chi connectivity index (χ1v) is 8.10. The molecule has 0 saturated carbocycles. The maximum Gasteiger partial charge on any atom is 0.307 e. The molecule has 0 aromatic heterocycles. The van der Waals surface area contributed by atoms with Gasteiger partial charge in [-0.2, -0.15) is 0 Å². The molecule has 0 aromatic rings. The first kappa shape index (κ1) is 14.2. The molecule has 2 aliphatic rings. The van der Waals surface area contributed by atoms with Crippen molar-refractivity contribution in [2.75, 3.05) is 11.5 Å². The Morgan fingerprint density at radius 2 is 1.68 bits per heavy atom. The molecule has 106 valence electrons. The van der Waals surface area contributed by atoms with Gasteiger partial charge in [0.05, 0.1) is 11.8 Å². The molecule has 2 atom stereocenters. The first-order chi connectivity index (χ1) is 9.08. The van der Waals surface area contributed by atoms with Gasteiger partial charge >= 0.3 is 5.97 Å². The molecule has 0 radical (unpaired) electrons. The monoisotopic (exact) mass is 285 g/mol. The Kier molecular flexibility index (Phi) is 4.74. The molecule has 1 aliphatic heterocycles. The summed E-state index contributed by atoms with van der Waals surface area (Å²) in [5.74, 6) is -0.934. The van der Waals surface area contributed by atoms with Gasteiger partial charge in [0.2, 0.25) is 5.91 Å². The highest BCUT2D eigenvalue weighted by atomic mass is 32.2. The van der Waals surface area contributed by atoms with Crippen LogP contribution in [-0.2, 0) is 20.4 Å². The Balaban J connectivity index is 1.93. The molecule has 1 aliphatic carbocycles. The predicted octanol–water partition coefficient (Wildman–Crippen LogP) is 0.681.